The van der Waals surface area contributed by atoms with E-state index in [0.717, 1.165) is 29.8 Å². The van der Waals surface area contributed by atoms with E-state index < -0.39 is 40.1 Å². The predicted octanol–water partition coefficient (Wildman–Crippen LogP) is 10.9. The van der Waals surface area contributed by atoms with E-state index in [0.29, 0.717) is 52.4 Å². The maximum absolute atomic E-state index is 13.8. The number of ketones is 1. The Kier molecular flexibility index (Phi) is 9.64. The number of carbonyl (C=O) groups is 1. The van der Waals surface area contributed by atoms with Crippen LogP contribution in [0.25, 0.3) is 0 Å². The zero-order valence-electron chi connectivity index (χ0n) is 29.6. The maximum Gasteiger partial charge on any atom is 0.416 e. The summed E-state index contributed by atoms with van der Waals surface area (Å²) in [6.45, 7) is 16.9. The molecule has 10 heteroatoms. The van der Waals surface area contributed by atoms with E-state index in [-0.39, 0.29) is 23.0 Å². The quantitative estimate of drug-likeness (QED) is 0.178. The zero-order chi connectivity index (χ0) is 37.8. The van der Waals surface area contributed by atoms with Crippen LogP contribution in [0.3, 0.4) is 0 Å². The lowest BCUT2D eigenvalue weighted by atomic mass is 9.73. The molecule has 51 heavy (non-hydrogen) atoms. The minimum absolute atomic E-state index is 0.00728. The van der Waals surface area contributed by atoms with Crippen molar-refractivity contribution in [2.75, 3.05) is 11.4 Å². The number of alkyl halides is 6. The number of aryl methyl sites for hydroxylation is 1. The third-order valence-corrected chi connectivity index (χ3v) is 9.78. The van der Waals surface area contributed by atoms with Crippen molar-refractivity contribution < 1.29 is 41.0 Å². The van der Waals surface area contributed by atoms with Crippen molar-refractivity contribution in [2.45, 2.75) is 84.2 Å². The Labute approximate surface area is 294 Å². The van der Waals surface area contributed by atoms with Gasteiger partial charge in [0.1, 0.15) is 11.5 Å². The monoisotopic (exact) mass is 709 g/mol. The number of anilines is 1. The molecule has 1 aliphatic carbocycles. The van der Waals surface area contributed by atoms with Gasteiger partial charge in [-0.25, -0.2) is 0 Å². The average molecular weight is 710 g/mol. The number of hydrogen-bond acceptors (Lipinski definition) is 4. The standard InChI is InChI=1S/C41H41F6NO3/c1-23(2)51-29-14-10-26(11-15-29)17-18-48-34-16-13-28(41(45,46)47)21-33(34)39(7,8)35(48)22-31-36(49)30(37(31)50)19-25(4)38(5,6)32-20-27(40(42,43)44)12-9-24(32)3/h9-16,19-23,49H,4,17-18H2,1-3,5-8H3/b30-19-,35-22-. The first kappa shape index (κ1) is 37.5. The predicted molar refractivity (Wildman–Crippen MR) is 187 cm³/mol. The van der Waals surface area contributed by atoms with E-state index in [2.05, 4.69) is 6.58 Å². The van der Waals surface area contributed by atoms with Crippen LogP contribution in [0, 0.1) is 6.92 Å². The first-order chi connectivity index (χ1) is 23.5. The molecular formula is C41H41F6NO3. The molecule has 0 saturated heterocycles. The highest BCUT2D eigenvalue weighted by molar-refractivity contribution is 6.21. The van der Waals surface area contributed by atoms with Crippen molar-refractivity contribution in [3.8, 4) is 5.75 Å². The topological polar surface area (TPSA) is 49.8 Å². The Morgan fingerprint density at radius 3 is 2.10 bits per heavy atom. The number of carbonyl (C=O) groups excluding carboxylic acids is 1. The summed E-state index contributed by atoms with van der Waals surface area (Å²) in [4.78, 5) is 15.5. The molecule has 0 bridgehead atoms. The molecule has 5 rings (SSSR count). The highest BCUT2D eigenvalue weighted by Crippen LogP contribution is 2.51. The fourth-order valence-corrected chi connectivity index (χ4v) is 6.65. The third kappa shape index (κ3) is 7.23. The number of halogens is 6. The van der Waals surface area contributed by atoms with Crippen molar-refractivity contribution in [2.24, 2.45) is 0 Å². The molecule has 0 saturated carbocycles. The number of fused-ring (bicyclic) bond motifs is 1. The Bertz CT molecular complexity index is 1980. The SMILES string of the molecule is C=C(/C=C1\C(=O)C(/C=C2\N(CCc3ccc(OC(C)C)cc3)c3ccc(C(F)(F)F)cc3C2(C)C)=C1O)C(C)(C)c1cc(C(F)(F)F)ccc1C. The fourth-order valence-electron chi connectivity index (χ4n) is 6.65. The lowest BCUT2D eigenvalue weighted by Crippen LogP contribution is -2.30. The lowest BCUT2D eigenvalue weighted by Gasteiger charge is -2.31. The van der Waals surface area contributed by atoms with Crippen molar-refractivity contribution in [1.82, 2.24) is 0 Å². The average Bonchev–Trinajstić information content (AvgIpc) is 3.25. The van der Waals surface area contributed by atoms with Gasteiger partial charge in [0, 0.05) is 28.8 Å². The second kappa shape index (κ2) is 13.1. The molecule has 0 fully saturated rings. The van der Waals surface area contributed by atoms with E-state index in [1.807, 2.05) is 43.0 Å². The van der Waals surface area contributed by atoms with Crippen molar-refractivity contribution >= 4 is 11.5 Å². The number of nitrogens with zero attached hydrogens (tertiary/aromatic N) is 1. The summed E-state index contributed by atoms with van der Waals surface area (Å²) in [7, 11) is 0. The van der Waals surface area contributed by atoms with Gasteiger partial charge in [-0.15, -0.1) is 0 Å². The molecule has 0 amide bonds. The number of ether oxygens (including phenoxy) is 1. The number of Topliss-reactive ketones (excluding diaryl/α,β-unsaturated/α-hetero) is 1. The van der Waals surface area contributed by atoms with Crippen LogP contribution in [0.1, 0.15) is 74.9 Å². The molecule has 0 spiro atoms. The molecule has 3 aromatic carbocycles. The van der Waals surface area contributed by atoms with E-state index in [1.165, 1.54) is 24.3 Å². The summed E-state index contributed by atoms with van der Waals surface area (Å²) in [5, 5.41) is 11.2. The number of benzene rings is 3. The van der Waals surface area contributed by atoms with Crippen molar-refractivity contribution in [3.05, 3.63) is 141 Å². The van der Waals surface area contributed by atoms with Crippen LogP contribution < -0.4 is 9.64 Å². The lowest BCUT2D eigenvalue weighted by molar-refractivity contribution is -0.138. The van der Waals surface area contributed by atoms with E-state index in [1.54, 1.807) is 34.6 Å². The molecule has 3 aromatic rings. The summed E-state index contributed by atoms with van der Waals surface area (Å²) in [5.41, 5.74) is 0.0984. The molecule has 0 atom stereocenters. The van der Waals surface area contributed by atoms with Crippen molar-refractivity contribution in [3.63, 3.8) is 0 Å². The van der Waals surface area contributed by atoms with E-state index >= 15 is 0 Å². The highest BCUT2D eigenvalue weighted by atomic mass is 19.4. The van der Waals surface area contributed by atoms with Gasteiger partial charge in [-0.3, -0.25) is 4.79 Å². The fraction of sp³-hybridized carbons (Fsp3) is 0.341. The summed E-state index contributed by atoms with van der Waals surface area (Å²) in [6.07, 6.45) is -5.68. The maximum atomic E-state index is 13.8. The molecule has 0 radical (unpaired) electrons. The van der Waals surface area contributed by atoms with Crippen LogP contribution >= 0.6 is 0 Å². The molecular weight excluding hydrogens is 668 g/mol. The van der Waals surface area contributed by atoms with Gasteiger partial charge < -0.3 is 14.7 Å². The van der Waals surface area contributed by atoms with Gasteiger partial charge in [0.15, 0.2) is 0 Å². The summed E-state index contributed by atoms with van der Waals surface area (Å²) >= 11 is 0. The normalized spacial score (nSPS) is 17.8. The first-order valence-electron chi connectivity index (χ1n) is 16.6. The van der Waals surface area contributed by atoms with Crippen LogP contribution in [0.5, 0.6) is 5.75 Å². The van der Waals surface area contributed by atoms with Gasteiger partial charge >= 0.3 is 12.4 Å². The Balaban J connectivity index is 1.50. The largest absolute Gasteiger partial charge is 0.506 e. The summed E-state index contributed by atoms with van der Waals surface area (Å²) in [6, 6.07) is 14.6. The van der Waals surface area contributed by atoms with Gasteiger partial charge in [0.05, 0.1) is 28.4 Å². The highest BCUT2D eigenvalue weighted by Gasteiger charge is 2.44. The van der Waals surface area contributed by atoms with Crippen LogP contribution in [0.4, 0.5) is 32.0 Å². The number of aliphatic hydroxyl groups excluding tert-OH is 1. The number of allylic oxidation sites excluding steroid dienone is 6. The second-order valence-corrected chi connectivity index (χ2v) is 14.4. The summed E-state index contributed by atoms with van der Waals surface area (Å²) in [5.74, 6) is -0.123. The Morgan fingerprint density at radius 2 is 1.53 bits per heavy atom. The van der Waals surface area contributed by atoms with Gasteiger partial charge in [-0.05, 0) is 110 Å². The van der Waals surface area contributed by atoms with Crippen LogP contribution in [0.2, 0.25) is 0 Å². The molecule has 1 heterocycles. The molecule has 0 unspecified atom stereocenters. The summed E-state index contributed by atoms with van der Waals surface area (Å²) < 4.78 is 87.7. The van der Waals surface area contributed by atoms with Crippen molar-refractivity contribution in [1.29, 1.82) is 0 Å². The first-order valence-corrected chi connectivity index (χ1v) is 16.6. The van der Waals surface area contributed by atoms with Gasteiger partial charge in [0.2, 0.25) is 5.78 Å². The van der Waals surface area contributed by atoms with Crippen LogP contribution in [-0.2, 0) is 34.4 Å². The second-order valence-electron chi connectivity index (χ2n) is 14.4. The van der Waals surface area contributed by atoms with Gasteiger partial charge in [0.25, 0.3) is 0 Å². The molecule has 2 aliphatic rings. The third-order valence-electron chi connectivity index (χ3n) is 9.78. The number of aliphatic hydroxyl groups is 1. The minimum atomic E-state index is -4.56. The molecule has 270 valence electrons. The van der Waals surface area contributed by atoms with Gasteiger partial charge in [-0.1, -0.05) is 52.5 Å². The molecule has 4 nitrogen and oxygen atoms in total. The molecule has 1 aliphatic heterocycles. The smallest absolute Gasteiger partial charge is 0.416 e. The minimum Gasteiger partial charge on any atom is -0.506 e. The van der Waals surface area contributed by atoms with Gasteiger partial charge in [-0.2, -0.15) is 26.3 Å². The van der Waals surface area contributed by atoms with E-state index in [9.17, 15) is 36.2 Å². The Morgan fingerprint density at radius 1 is 0.941 bits per heavy atom. The number of hydrogen-bond donors (Lipinski definition) is 1. The Hall–Kier alpha value is -4.73. The van der Waals surface area contributed by atoms with Crippen LogP contribution in [0.15, 0.2) is 108 Å². The van der Waals surface area contributed by atoms with E-state index in [4.69, 9.17) is 4.74 Å². The number of rotatable bonds is 9. The molecule has 0 aromatic heterocycles. The van der Waals surface area contributed by atoms with Crippen LogP contribution in [-0.4, -0.2) is 23.5 Å². The molecule has 1 N–H and O–H groups in total. The zero-order valence-corrected chi connectivity index (χ0v) is 29.6.